The minimum atomic E-state index is -0.562. The van der Waals surface area contributed by atoms with Crippen molar-refractivity contribution < 1.29 is 5.11 Å². The second kappa shape index (κ2) is 4.61. The van der Waals surface area contributed by atoms with E-state index in [2.05, 4.69) is 4.98 Å². The van der Waals surface area contributed by atoms with Gasteiger partial charge in [0.1, 0.15) is 5.69 Å². The van der Waals surface area contributed by atoms with E-state index in [0.29, 0.717) is 19.4 Å². The zero-order valence-electron chi connectivity index (χ0n) is 7.69. The molecule has 1 heterocycles. The summed E-state index contributed by atoms with van der Waals surface area (Å²) < 4.78 is 1.33. The predicted molar refractivity (Wildman–Crippen MR) is 52.1 cm³/mol. The molecule has 0 spiro atoms. The third-order valence-electron chi connectivity index (χ3n) is 1.85. The van der Waals surface area contributed by atoms with Gasteiger partial charge in [0.05, 0.1) is 0 Å². The molecular formula is C8H13N3O3. The highest BCUT2D eigenvalue weighted by molar-refractivity contribution is 5.30. The summed E-state index contributed by atoms with van der Waals surface area (Å²) in [6, 6.07) is 0. The molecule has 0 amide bonds. The first-order chi connectivity index (χ1) is 6.65. The fraction of sp³-hybridized carbons (Fsp3) is 0.500. The molecule has 0 saturated heterocycles. The van der Waals surface area contributed by atoms with Crippen molar-refractivity contribution in [2.24, 2.45) is 0 Å². The summed E-state index contributed by atoms with van der Waals surface area (Å²) in [7, 11) is 0. The monoisotopic (exact) mass is 199 g/mol. The smallest absolute Gasteiger partial charge is 0.328 e. The van der Waals surface area contributed by atoms with Gasteiger partial charge in [0, 0.05) is 19.3 Å². The van der Waals surface area contributed by atoms with Crippen LogP contribution in [0.1, 0.15) is 12.8 Å². The molecule has 0 aliphatic rings. The molecule has 0 unspecified atom stereocenters. The van der Waals surface area contributed by atoms with Gasteiger partial charge in [-0.05, 0) is 12.8 Å². The maximum Gasteiger partial charge on any atom is 0.328 e. The third kappa shape index (κ3) is 2.46. The average Bonchev–Trinajstić information content (AvgIpc) is 2.14. The van der Waals surface area contributed by atoms with Gasteiger partial charge in [-0.25, -0.2) is 4.79 Å². The van der Waals surface area contributed by atoms with Crippen molar-refractivity contribution in [1.29, 1.82) is 0 Å². The first-order valence-electron chi connectivity index (χ1n) is 4.35. The van der Waals surface area contributed by atoms with E-state index in [1.54, 1.807) is 0 Å². The van der Waals surface area contributed by atoms with Crippen LogP contribution in [0.2, 0.25) is 0 Å². The van der Waals surface area contributed by atoms with Crippen LogP contribution in [0.5, 0.6) is 0 Å². The van der Waals surface area contributed by atoms with Crippen molar-refractivity contribution in [1.82, 2.24) is 9.55 Å². The zero-order valence-corrected chi connectivity index (χ0v) is 7.69. The maximum atomic E-state index is 11.2. The second-order valence-corrected chi connectivity index (χ2v) is 2.97. The Morgan fingerprint density at radius 1 is 1.43 bits per heavy atom. The summed E-state index contributed by atoms with van der Waals surface area (Å²) in [5.74, 6) is 0. The molecule has 0 bridgehead atoms. The molecule has 0 atom stereocenters. The van der Waals surface area contributed by atoms with Crippen LogP contribution in [-0.4, -0.2) is 21.3 Å². The molecule has 0 aliphatic heterocycles. The van der Waals surface area contributed by atoms with Crippen LogP contribution in [0.25, 0.3) is 0 Å². The van der Waals surface area contributed by atoms with Crippen molar-refractivity contribution in [2.75, 3.05) is 12.3 Å². The number of nitrogen functional groups attached to an aromatic ring is 1. The Labute approximate surface area is 80.0 Å². The Kier molecular flexibility index (Phi) is 3.47. The van der Waals surface area contributed by atoms with Crippen LogP contribution in [0, 0.1) is 0 Å². The topological polar surface area (TPSA) is 101 Å². The number of aromatic nitrogens is 2. The highest BCUT2D eigenvalue weighted by Gasteiger charge is 2.00. The molecule has 0 saturated carbocycles. The van der Waals surface area contributed by atoms with E-state index in [9.17, 15) is 9.59 Å². The second-order valence-electron chi connectivity index (χ2n) is 2.97. The van der Waals surface area contributed by atoms with Gasteiger partial charge in [-0.1, -0.05) is 0 Å². The molecular weight excluding hydrogens is 186 g/mol. The first kappa shape index (κ1) is 10.5. The van der Waals surface area contributed by atoms with Crippen molar-refractivity contribution in [3.63, 3.8) is 0 Å². The Balaban J connectivity index is 2.82. The van der Waals surface area contributed by atoms with Gasteiger partial charge in [0.25, 0.3) is 5.56 Å². The number of nitrogens with one attached hydrogen (secondary N) is 1. The minimum absolute atomic E-state index is 0.0219. The summed E-state index contributed by atoms with van der Waals surface area (Å²) >= 11 is 0. The summed E-state index contributed by atoms with van der Waals surface area (Å²) in [6.45, 7) is 0.536. The molecule has 1 aromatic heterocycles. The van der Waals surface area contributed by atoms with Crippen LogP contribution in [-0.2, 0) is 6.54 Å². The van der Waals surface area contributed by atoms with Crippen molar-refractivity contribution in [2.45, 2.75) is 19.4 Å². The number of nitrogens with zero attached hydrogens (tertiary/aromatic N) is 1. The number of aromatic amines is 1. The molecule has 1 rings (SSSR count). The van der Waals surface area contributed by atoms with E-state index >= 15 is 0 Å². The van der Waals surface area contributed by atoms with Gasteiger partial charge in [-0.15, -0.1) is 0 Å². The van der Waals surface area contributed by atoms with Gasteiger partial charge < -0.3 is 10.8 Å². The Hall–Kier alpha value is -1.56. The number of anilines is 1. The summed E-state index contributed by atoms with van der Waals surface area (Å²) in [4.78, 5) is 24.2. The number of hydrogen-bond donors (Lipinski definition) is 3. The van der Waals surface area contributed by atoms with Gasteiger partial charge in [0.2, 0.25) is 0 Å². The zero-order chi connectivity index (χ0) is 10.6. The van der Waals surface area contributed by atoms with E-state index in [1.807, 2.05) is 0 Å². The SMILES string of the molecule is Nc1cn(CCCCO)c(=O)[nH]c1=O. The largest absolute Gasteiger partial charge is 0.396 e. The molecule has 6 heteroatoms. The lowest BCUT2D eigenvalue weighted by Crippen LogP contribution is -2.31. The molecule has 0 aromatic carbocycles. The molecule has 1 aromatic rings. The summed E-state index contributed by atoms with van der Waals surface area (Å²) in [5, 5.41) is 8.54. The number of aryl methyl sites for hydroxylation is 1. The molecule has 78 valence electrons. The standard InChI is InChI=1S/C8H13N3O3/c9-6-5-11(3-1-2-4-12)8(14)10-7(6)13/h5,12H,1-4,9H2,(H,10,13,14). The Morgan fingerprint density at radius 3 is 2.79 bits per heavy atom. The lowest BCUT2D eigenvalue weighted by molar-refractivity contribution is 0.281. The van der Waals surface area contributed by atoms with Crippen LogP contribution >= 0.6 is 0 Å². The third-order valence-corrected chi connectivity index (χ3v) is 1.85. The average molecular weight is 199 g/mol. The number of hydrogen-bond acceptors (Lipinski definition) is 4. The molecule has 0 fully saturated rings. The van der Waals surface area contributed by atoms with Crippen molar-refractivity contribution in [3.05, 3.63) is 27.0 Å². The highest BCUT2D eigenvalue weighted by Crippen LogP contribution is 1.93. The van der Waals surface area contributed by atoms with Crippen LogP contribution < -0.4 is 17.0 Å². The minimum Gasteiger partial charge on any atom is -0.396 e. The fourth-order valence-corrected chi connectivity index (χ4v) is 1.09. The van der Waals surface area contributed by atoms with Crippen LogP contribution in [0.4, 0.5) is 5.69 Å². The predicted octanol–water partition coefficient (Wildman–Crippen LogP) is -1.11. The normalized spacial score (nSPS) is 10.4. The Morgan fingerprint density at radius 2 is 2.14 bits per heavy atom. The number of aliphatic hydroxyl groups excluding tert-OH is 1. The maximum absolute atomic E-state index is 11.2. The number of rotatable bonds is 4. The van der Waals surface area contributed by atoms with Crippen molar-refractivity contribution >= 4 is 5.69 Å². The van der Waals surface area contributed by atoms with Gasteiger partial charge in [0.15, 0.2) is 0 Å². The first-order valence-corrected chi connectivity index (χ1v) is 4.35. The summed E-state index contributed by atoms with van der Waals surface area (Å²) in [5.41, 5.74) is 4.33. The van der Waals surface area contributed by atoms with Crippen molar-refractivity contribution in [3.8, 4) is 0 Å². The fourth-order valence-electron chi connectivity index (χ4n) is 1.09. The van der Waals surface area contributed by atoms with E-state index in [0.717, 1.165) is 0 Å². The molecule has 0 aliphatic carbocycles. The van der Waals surface area contributed by atoms with Crippen LogP contribution in [0.3, 0.4) is 0 Å². The quantitative estimate of drug-likeness (QED) is 0.535. The lowest BCUT2D eigenvalue weighted by atomic mass is 10.3. The summed E-state index contributed by atoms with van der Waals surface area (Å²) in [6.07, 6.45) is 2.60. The van der Waals surface area contributed by atoms with Gasteiger partial charge in [-0.2, -0.15) is 0 Å². The van der Waals surface area contributed by atoms with E-state index < -0.39 is 11.2 Å². The Bertz CT molecular complexity index is 407. The van der Waals surface area contributed by atoms with E-state index in [4.69, 9.17) is 10.8 Å². The number of unbranched alkanes of at least 4 members (excludes halogenated alkanes) is 1. The highest BCUT2D eigenvalue weighted by atomic mass is 16.3. The molecule has 0 radical (unpaired) electrons. The van der Waals surface area contributed by atoms with Gasteiger partial charge >= 0.3 is 5.69 Å². The van der Waals surface area contributed by atoms with Gasteiger partial charge in [-0.3, -0.25) is 14.3 Å². The van der Waals surface area contributed by atoms with E-state index in [1.165, 1.54) is 10.8 Å². The molecule has 4 N–H and O–H groups in total. The number of nitrogens with two attached hydrogens (primary N) is 1. The molecule has 14 heavy (non-hydrogen) atoms. The lowest BCUT2D eigenvalue weighted by Gasteiger charge is -2.04. The number of aliphatic hydroxyl groups is 1. The number of H-pyrrole nitrogens is 1. The van der Waals surface area contributed by atoms with Crippen LogP contribution in [0.15, 0.2) is 15.8 Å². The van der Waals surface area contributed by atoms with E-state index in [-0.39, 0.29) is 12.3 Å². The molecule has 6 nitrogen and oxygen atoms in total.